The van der Waals surface area contributed by atoms with Crippen molar-refractivity contribution < 1.29 is 13.9 Å². The predicted octanol–water partition coefficient (Wildman–Crippen LogP) is 2.23. The van der Waals surface area contributed by atoms with Crippen molar-refractivity contribution in [2.24, 2.45) is 5.73 Å². The monoisotopic (exact) mass is 363 g/mol. The predicted molar refractivity (Wildman–Crippen MR) is 95.9 cm³/mol. The van der Waals surface area contributed by atoms with Crippen LogP contribution in [-0.4, -0.2) is 55.0 Å². The standard InChI is InChI=1S/C18H22ClN3O3/c19-16-3-1-2-4-17(16)24-10-9-21-5-7-22(8-6-21)18(23)14-11-15(12-20)25-13-14/h1-4,11,13H,5-10,12,20H2. The summed E-state index contributed by atoms with van der Waals surface area (Å²) in [6.07, 6.45) is 1.48. The zero-order chi connectivity index (χ0) is 17.6. The van der Waals surface area contributed by atoms with Crippen molar-refractivity contribution in [2.45, 2.75) is 6.54 Å². The molecule has 6 nitrogen and oxygen atoms in total. The first-order valence-corrected chi connectivity index (χ1v) is 8.71. The van der Waals surface area contributed by atoms with Crippen molar-refractivity contribution in [3.05, 3.63) is 52.9 Å². The van der Waals surface area contributed by atoms with Gasteiger partial charge in [0, 0.05) is 32.7 Å². The summed E-state index contributed by atoms with van der Waals surface area (Å²) in [4.78, 5) is 16.6. The number of nitrogens with two attached hydrogens (primary N) is 1. The van der Waals surface area contributed by atoms with Crippen molar-refractivity contribution in [1.82, 2.24) is 9.80 Å². The molecule has 0 spiro atoms. The number of benzene rings is 1. The molecule has 1 saturated heterocycles. The fourth-order valence-corrected chi connectivity index (χ4v) is 2.99. The average molecular weight is 364 g/mol. The van der Waals surface area contributed by atoms with Gasteiger partial charge in [-0.25, -0.2) is 0 Å². The van der Waals surface area contributed by atoms with Crippen molar-refractivity contribution in [3.63, 3.8) is 0 Å². The first-order chi connectivity index (χ1) is 12.2. The molecular weight excluding hydrogens is 342 g/mol. The molecule has 0 atom stereocenters. The lowest BCUT2D eigenvalue weighted by Crippen LogP contribution is -2.49. The molecule has 3 rings (SSSR count). The van der Waals surface area contributed by atoms with E-state index in [0.29, 0.717) is 48.3 Å². The lowest BCUT2D eigenvalue weighted by molar-refractivity contribution is 0.0619. The molecule has 134 valence electrons. The quantitative estimate of drug-likeness (QED) is 0.852. The molecule has 1 aromatic carbocycles. The SMILES string of the molecule is NCc1cc(C(=O)N2CCN(CCOc3ccccc3Cl)CC2)co1. The van der Waals surface area contributed by atoms with Crippen LogP contribution in [0.3, 0.4) is 0 Å². The number of piperazine rings is 1. The summed E-state index contributed by atoms with van der Waals surface area (Å²) in [5.74, 6) is 1.32. The highest BCUT2D eigenvalue weighted by Gasteiger charge is 2.23. The van der Waals surface area contributed by atoms with E-state index in [4.69, 9.17) is 26.5 Å². The van der Waals surface area contributed by atoms with Gasteiger partial charge in [-0.2, -0.15) is 0 Å². The maximum absolute atomic E-state index is 12.4. The Morgan fingerprint density at radius 3 is 2.68 bits per heavy atom. The van der Waals surface area contributed by atoms with E-state index in [1.807, 2.05) is 29.2 Å². The van der Waals surface area contributed by atoms with Gasteiger partial charge >= 0.3 is 0 Å². The van der Waals surface area contributed by atoms with Gasteiger partial charge in [-0.3, -0.25) is 9.69 Å². The van der Waals surface area contributed by atoms with E-state index in [9.17, 15) is 4.79 Å². The van der Waals surface area contributed by atoms with Gasteiger partial charge in [0.05, 0.1) is 17.1 Å². The highest BCUT2D eigenvalue weighted by Crippen LogP contribution is 2.23. The maximum atomic E-state index is 12.4. The van der Waals surface area contributed by atoms with Gasteiger partial charge < -0.3 is 19.8 Å². The minimum Gasteiger partial charge on any atom is -0.491 e. The van der Waals surface area contributed by atoms with Crippen LogP contribution >= 0.6 is 11.6 Å². The number of para-hydroxylation sites is 1. The maximum Gasteiger partial charge on any atom is 0.257 e. The van der Waals surface area contributed by atoms with Gasteiger partial charge in [0.1, 0.15) is 24.4 Å². The fraction of sp³-hybridized carbons (Fsp3) is 0.389. The van der Waals surface area contributed by atoms with Crippen LogP contribution < -0.4 is 10.5 Å². The second kappa shape index (κ2) is 8.38. The van der Waals surface area contributed by atoms with Gasteiger partial charge in [-0.05, 0) is 18.2 Å². The van der Waals surface area contributed by atoms with E-state index in [1.165, 1.54) is 6.26 Å². The van der Waals surface area contributed by atoms with Crippen LogP contribution in [0.15, 0.2) is 41.0 Å². The minimum absolute atomic E-state index is 0.00424. The Morgan fingerprint density at radius 1 is 1.24 bits per heavy atom. The van der Waals surface area contributed by atoms with Crippen molar-refractivity contribution in [1.29, 1.82) is 0 Å². The van der Waals surface area contributed by atoms with Crippen molar-refractivity contribution >= 4 is 17.5 Å². The summed E-state index contributed by atoms with van der Waals surface area (Å²) in [6, 6.07) is 9.16. The van der Waals surface area contributed by atoms with E-state index < -0.39 is 0 Å². The Balaban J connectivity index is 1.42. The molecule has 1 aliphatic rings. The van der Waals surface area contributed by atoms with Crippen LogP contribution in [0.1, 0.15) is 16.1 Å². The topological polar surface area (TPSA) is 71.9 Å². The summed E-state index contributed by atoms with van der Waals surface area (Å²) in [7, 11) is 0. The van der Waals surface area contributed by atoms with Crippen LogP contribution in [0.4, 0.5) is 0 Å². The number of rotatable bonds is 6. The van der Waals surface area contributed by atoms with E-state index in [0.717, 1.165) is 19.6 Å². The zero-order valence-corrected chi connectivity index (χ0v) is 14.7. The highest BCUT2D eigenvalue weighted by atomic mass is 35.5. The number of hydrogen-bond donors (Lipinski definition) is 1. The third-order valence-corrected chi connectivity index (χ3v) is 4.58. The normalized spacial score (nSPS) is 15.4. The number of halogens is 1. The van der Waals surface area contributed by atoms with Gasteiger partial charge in [0.25, 0.3) is 5.91 Å². The van der Waals surface area contributed by atoms with Crippen molar-refractivity contribution in [2.75, 3.05) is 39.3 Å². The van der Waals surface area contributed by atoms with Crippen LogP contribution in [0.25, 0.3) is 0 Å². The molecule has 1 aliphatic heterocycles. The number of furan rings is 1. The molecule has 0 radical (unpaired) electrons. The van der Waals surface area contributed by atoms with E-state index in [2.05, 4.69) is 4.90 Å². The summed E-state index contributed by atoms with van der Waals surface area (Å²) >= 11 is 6.07. The van der Waals surface area contributed by atoms with Gasteiger partial charge in [0.2, 0.25) is 0 Å². The molecule has 2 aromatic rings. The van der Waals surface area contributed by atoms with Gasteiger partial charge in [-0.15, -0.1) is 0 Å². The Bertz CT molecular complexity index is 711. The lowest BCUT2D eigenvalue weighted by atomic mass is 10.2. The molecule has 0 saturated carbocycles. The van der Waals surface area contributed by atoms with Crippen LogP contribution in [0.5, 0.6) is 5.75 Å². The molecule has 0 aliphatic carbocycles. The van der Waals surface area contributed by atoms with Gasteiger partial charge in [-0.1, -0.05) is 23.7 Å². The molecule has 25 heavy (non-hydrogen) atoms. The van der Waals surface area contributed by atoms with E-state index in [-0.39, 0.29) is 5.91 Å². The molecular formula is C18H22ClN3O3. The molecule has 0 bridgehead atoms. The molecule has 1 amide bonds. The number of amides is 1. The summed E-state index contributed by atoms with van der Waals surface area (Å²) in [6.45, 7) is 4.68. The van der Waals surface area contributed by atoms with Crippen LogP contribution in [0, 0.1) is 0 Å². The molecule has 2 N–H and O–H groups in total. The first kappa shape index (κ1) is 17.8. The van der Waals surface area contributed by atoms with E-state index in [1.54, 1.807) is 6.07 Å². The van der Waals surface area contributed by atoms with Crippen LogP contribution in [-0.2, 0) is 6.54 Å². The van der Waals surface area contributed by atoms with Crippen LogP contribution in [0.2, 0.25) is 5.02 Å². The third-order valence-electron chi connectivity index (χ3n) is 4.26. The second-order valence-electron chi connectivity index (χ2n) is 5.92. The minimum atomic E-state index is -0.00424. The molecule has 1 aromatic heterocycles. The number of ether oxygens (including phenoxy) is 1. The lowest BCUT2D eigenvalue weighted by Gasteiger charge is -2.34. The summed E-state index contributed by atoms with van der Waals surface area (Å²) in [5, 5.41) is 0.620. The highest BCUT2D eigenvalue weighted by molar-refractivity contribution is 6.32. The molecule has 1 fully saturated rings. The smallest absolute Gasteiger partial charge is 0.257 e. The third kappa shape index (κ3) is 4.54. The fourth-order valence-electron chi connectivity index (χ4n) is 2.80. The Kier molecular flexibility index (Phi) is 5.96. The largest absolute Gasteiger partial charge is 0.491 e. The van der Waals surface area contributed by atoms with Crippen molar-refractivity contribution in [3.8, 4) is 5.75 Å². The Labute approximate surface area is 152 Å². The second-order valence-corrected chi connectivity index (χ2v) is 6.33. The van der Waals surface area contributed by atoms with E-state index >= 15 is 0 Å². The first-order valence-electron chi connectivity index (χ1n) is 8.34. The molecule has 0 unspecified atom stereocenters. The zero-order valence-electron chi connectivity index (χ0n) is 14.0. The number of carbonyl (C=O) groups is 1. The number of carbonyl (C=O) groups excluding carboxylic acids is 1. The average Bonchev–Trinajstić information content (AvgIpc) is 3.12. The Hall–Kier alpha value is -2.02. The molecule has 7 heteroatoms. The Morgan fingerprint density at radius 2 is 2.00 bits per heavy atom. The van der Waals surface area contributed by atoms with Gasteiger partial charge in [0.15, 0.2) is 0 Å². The summed E-state index contributed by atoms with van der Waals surface area (Å²) in [5.41, 5.74) is 6.08. The number of hydrogen-bond acceptors (Lipinski definition) is 5. The summed E-state index contributed by atoms with van der Waals surface area (Å²) < 4.78 is 11.0. The molecule has 2 heterocycles. The number of nitrogens with zero attached hydrogens (tertiary/aromatic N) is 2.